The Morgan fingerprint density at radius 3 is 2.60 bits per heavy atom. The molecule has 6 nitrogen and oxygen atoms in total. The summed E-state index contributed by atoms with van der Waals surface area (Å²) in [5.74, 6) is 1.28. The van der Waals surface area contributed by atoms with E-state index in [9.17, 15) is 4.79 Å². The number of furan rings is 1. The molecule has 3 heterocycles. The number of nitrogens with one attached hydrogen (secondary N) is 1. The first-order valence-electron chi connectivity index (χ1n) is 8.58. The van der Waals surface area contributed by atoms with Gasteiger partial charge >= 0.3 is 0 Å². The van der Waals surface area contributed by atoms with Crippen LogP contribution in [0, 0.1) is 6.92 Å². The first-order valence-corrected chi connectivity index (χ1v) is 9.40. The number of guanidine groups is 1. The summed E-state index contributed by atoms with van der Waals surface area (Å²) in [4.78, 5) is 23.7. The highest BCUT2D eigenvalue weighted by Gasteiger charge is 2.25. The van der Waals surface area contributed by atoms with Gasteiger partial charge in [0.15, 0.2) is 11.7 Å². The van der Waals surface area contributed by atoms with E-state index in [-0.39, 0.29) is 5.91 Å². The maximum atomic E-state index is 12.3. The van der Waals surface area contributed by atoms with E-state index in [0.717, 1.165) is 25.6 Å². The van der Waals surface area contributed by atoms with Crippen LogP contribution in [0.15, 0.2) is 39.9 Å². The van der Waals surface area contributed by atoms with Crippen molar-refractivity contribution in [3.63, 3.8) is 0 Å². The van der Waals surface area contributed by atoms with E-state index in [4.69, 9.17) is 9.41 Å². The minimum atomic E-state index is -0.0411. The lowest BCUT2D eigenvalue weighted by molar-refractivity contribution is 0.0657. The normalized spacial score (nSPS) is 15.5. The third kappa shape index (κ3) is 4.42. The Morgan fingerprint density at radius 2 is 2.00 bits per heavy atom. The number of carbonyl (C=O) groups excluding carboxylic acids is 1. The van der Waals surface area contributed by atoms with Gasteiger partial charge in [0.1, 0.15) is 0 Å². The molecule has 3 rings (SSSR count). The number of thiophene rings is 1. The molecule has 1 N–H and O–H groups in total. The molecule has 2 aromatic rings. The average molecular weight is 360 g/mol. The molecule has 0 spiro atoms. The van der Waals surface area contributed by atoms with E-state index in [2.05, 4.69) is 36.2 Å². The topological polar surface area (TPSA) is 61.1 Å². The number of nitrogens with zero attached hydrogens (tertiary/aromatic N) is 3. The first-order chi connectivity index (χ1) is 12.2. The molecule has 0 unspecified atom stereocenters. The molecule has 1 aliphatic rings. The van der Waals surface area contributed by atoms with E-state index < -0.39 is 0 Å². The minimum absolute atomic E-state index is 0.0411. The third-order valence-electron chi connectivity index (χ3n) is 4.11. The van der Waals surface area contributed by atoms with Gasteiger partial charge in [-0.3, -0.25) is 4.79 Å². The molecule has 2 aromatic heterocycles. The van der Waals surface area contributed by atoms with Gasteiger partial charge in [-0.1, -0.05) is 0 Å². The second-order valence-corrected chi connectivity index (χ2v) is 7.31. The maximum Gasteiger partial charge on any atom is 0.289 e. The largest absolute Gasteiger partial charge is 0.459 e. The van der Waals surface area contributed by atoms with Crippen LogP contribution < -0.4 is 5.32 Å². The lowest BCUT2D eigenvalue weighted by Gasteiger charge is -2.36. The summed E-state index contributed by atoms with van der Waals surface area (Å²) in [7, 11) is 0. The Bertz CT molecular complexity index is 715. The maximum absolute atomic E-state index is 12.3. The molecular weight excluding hydrogens is 336 g/mol. The zero-order valence-corrected chi connectivity index (χ0v) is 15.5. The second-order valence-electron chi connectivity index (χ2n) is 5.94. The molecule has 0 atom stereocenters. The number of aryl methyl sites for hydroxylation is 1. The van der Waals surface area contributed by atoms with Gasteiger partial charge in [0, 0.05) is 42.5 Å². The molecule has 1 amide bonds. The van der Waals surface area contributed by atoms with Gasteiger partial charge in [-0.2, -0.15) is 0 Å². The first kappa shape index (κ1) is 17.5. The van der Waals surface area contributed by atoms with Gasteiger partial charge in [0.2, 0.25) is 0 Å². The SMILES string of the molecule is CCNC(=NCc1ccc(C)s1)N1CCN(C(=O)c2ccco2)CC1. The summed E-state index contributed by atoms with van der Waals surface area (Å²) in [6, 6.07) is 7.71. The smallest absolute Gasteiger partial charge is 0.289 e. The molecule has 0 bridgehead atoms. The predicted octanol–water partition coefficient (Wildman–Crippen LogP) is 2.57. The quantitative estimate of drug-likeness (QED) is 0.672. The van der Waals surface area contributed by atoms with Gasteiger partial charge < -0.3 is 19.5 Å². The van der Waals surface area contributed by atoms with Crippen molar-refractivity contribution in [1.82, 2.24) is 15.1 Å². The van der Waals surface area contributed by atoms with Crippen molar-refractivity contribution < 1.29 is 9.21 Å². The van der Waals surface area contributed by atoms with Crippen LogP contribution in [0.25, 0.3) is 0 Å². The Morgan fingerprint density at radius 1 is 1.24 bits per heavy atom. The van der Waals surface area contributed by atoms with Crippen LogP contribution in [0.5, 0.6) is 0 Å². The van der Waals surface area contributed by atoms with Crippen molar-refractivity contribution in [3.05, 3.63) is 46.0 Å². The van der Waals surface area contributed by atoms with Crippen LogP contribution in [-0.4, -0.2) is 54.4 Å². The standard InChI is InChI=1S/C18H24N4O2S/c1-3-19-18(20-13-15-7-6-14(2)25-15)22-10-8-21(9-11-22)17(23)16-5-4-12-24-16/h4-7,12H,3,8-11,13H2,1-2H3,(H,19,20). The summed E-state index contributed by atoms with van der Waals surface area (Å²) in [6.07, 6.45) is 1.53. The number of hydrogen-bond donors (Lipinski definition) is 1. The molecule has 1 fully saturated rings. The van der Waals surface area contributed by atoms with E-state index in [1.807, 2.05) is 4.90 Å². The van der Waals surface area contributed by atoms with Gasteiger partial charge in [-0.05, 0) is 38.1 Å². The third-order valence-corrected chi connectivity index (χ3v) is 5.10. The summed E-state index contributed by atoms with van der Waals surface area (Å²) in [5.41, 5.74) is 0. The monoisotopic (exact) mass is 360 g/mol. The van der Waals surface area contributed by atoms with Gasteiger partial charge in [0.05, 0.1) is 12.8 Å². The molecule has 1 saturated heterocycles. The zero-order valence-electron chi connectivity index (χ0n) is 14.7. The summed E-state index contributed by atoms with van der Waals surface area (Å²) >= 11 is 1.78. The highest BCUT2D eigenvalue weighted by Crippen LogP contribution is 2.16. The number of aliphatic imine (C=N–C) groups is 1. The van der Waals surface area contributed by atoms with E-state index in [1.165, 1.54) is 16.0 Å². The van der Waals surface area contributed by atoms with Crippen LogP contribution in [0.2, 0.25) is 0 Å². The Hall–Kier alpha value is -2.28. The van der Waals surface area contributed by atoms with Crippen LogP contribution in [0.3, 0.4) is 0 Å². The fourth-order valence-electron chi connectivity index (χ4n) is 2.83. The molecule has 0 aromatic carbocycles. The highest BCUT2D eigenvalue weighted by molar-refractivity contribution is 7.11. The average Bonchev–Trinajstić information content (AvgIpc) is 3.30. The molecule has 0 radical (unpaired) electrons. The van der Waals surface area contributed by atoms with Crippen molar-refractivity contribution in [3.8, 4) is 0 Å². The fourth-order valence-corrected chi connectivity index (χ4v) is 3.64. The summed E-state index contributed by atoms with van der Waals surface area (Å²) < 4.78 is 5.21. The van der Waals surface area contributed by atoms with Crippen molar-refractivity contribution in [2.45, 2.75) is 20.4 Å². The number of hydrogen-bond acceptors (Lipinski definition) is 4. The molecular formula is C18H24N4O2S. The summed E-state index contributed by atoms with van der Waals surface area (Å²) in [6.45, 7) is 8.56. The van der Waals surface area contributed by atoms with Crippen LogP contribution >= 0.6 is 11.3 Å². The van der Waals surface area contributed by atoms with Gasteiger partial charge in [0.25, 0.3) is 5.91 Å². The van der Waals surface area contributed by atoms with Crippen LogP contribution in [-0.2, 0) is 6.54 Å². The zero-order chi connectivity index (χ0) is 17.6. The number of piperazine rings is 1. The predicted molar refractivity (Wildman–Crippen MR) is 100 cm³/mol. The van der Waals surface area contributed by atoms with Crippen molar-refractivity contribution in [2.75, 3.05) is 32.7 Å². The highest BCUT2D eigenvalue weighted by atomic mass is 32.1. The molecule has 1 aliphatic heterocycles. The van der Waals surface area contributed by atoms with Gasteiger partial charge in [-0.25, -0.2) is 4.99 Å². The molecule has 134 valence electrons. The van der Waals surface area contributed by atoms with E-state index in [0.29, 0.717) is 25.4 Å². The van der Waals surface area contributed by atoms with Crippen molar-refractivity contribution in [1.29, 1.82) is 0 Å². The Kier molecular flexibility index (Phi) is 5.75. The summed E-state index contributed by atoms with van der Waals surface area (Å²) in [5, 5.41) is 3.36. The molecule has 25 heavy (non-hydrogen) atoms. The lowest BCUT2D eigenvalue weighted by Crippen LogP contribution is -2.53. The van der Waals surface area contributed by atoms with E-state index >= 15 is 0 Å². The lowest BCUT2D eigenvalue weighted by atomic mass is 10.3. The minimum Gasteiger partial charge on any atom is -0.459 e. The number of amides is 1. The molecule has 0 aliphatic carbocycles. The number of carbonyl (C=O) groups is 1. The van der Waals surface area contributed by atoms with Crippen LogP contribution in [0.1, 0.15) is 27.2 Å². The van der Waals surface area contributed by atoms with E-state index in [1.54, 1.807) is 23.5 Å². The van der Waals surface area contributed by atoms with Gasteiger partial charge in [-0.15, -0.1) is 11.3 Å². The van der Waals surface area contributed by atoms with Crippen molar-refractivity contribution in [2.24, 2.45) is 4.99 Å². The molecule has 7 heteroatoms. The fraction of sp³-hybridized carbons (Fsp3) is 0.444. The second kappa shape index (κ2) is 8.20. The Labute approximate surface area is 152 Å². The molecule has 0 saturated carbocycles. The Balaban J connectivity index is 1.59. The number of rotatable bonds is 4. The van der Waals surface area contributed by atoms with Crippen molar-refractivity contribution >= 4 is 23.2 Å². The van der Waals surface area contributed by atoms with Crippen LogP contribution in [0.4, 0.5) is 0 Å².